The first-order chi connectivity index (χ1) is 9.32. The van der Waals surface area contributed by atoms with Crippen LogP contribution < -0.4 is 0 Å². The topological polar surface area (TPSA) is 74.7 Å². The highest BCUT2D eigenvalue weighted by molar-refractivity contribution is 7.89. The predicted octanol–water partition coefficient (Wildman–Crippen LogP) is 2.50. The molecule has 0 aliphatic carbocycles. The molecule has 2 rings (SSSR count). The number of carboxylic acid groups (broad SMARTS) is 1. The first-order valence-electron chi connectivity index (χ1n) is 6.64. The Morgan fingerprint density at radius 2 is 2.00 bits per heavy atom. The first-order valence-corrected chi connectivity index (χ1v) is 8.96. The summed E-state index contributed by atoms with van der Waals surface area (Å²) < 4.78 is 26.4. The van der Waals surface area contributed by atoms with Crippen LogP contribution in [-0.4, -0.2) is 36.9 Å². The normalized spacial score (nSPS) is 18.6. The molecule has 5 nitrogen and oxygen atoms in total. The van der Waals surface area contributed by atoms with Gasteiger partial charge in [-0.3, -0.25) is 0 Å². The molecule has 2 heterocycles. The minimum atomic E-state index is -3.54. The van der Waals surface area contributed by atoms with Crippen LogP contribution in [0.15, 0.2) is 16.3 Å². The molecule has 0 bridgehead atoms. The van der Waals surface area contributed by atoms with E-state index >= 15 is 0 Å². The Balaban J connectivity index is 2.13. The lowest BCUT2D eigenvalue weighted by atomic mass is 9.87. The predicted molar refractivity (Wildman–Crippen MR) is 77.6 cm³/mol. The summed E-state index contributed by atoms with van der Waals surface area (Å²) in [6.07, 6.45) is 1.74. The lowest BCUT2D eigenvalue weighted by Crippen LogP contribution is -2.39. The number of carboxylic acids is 1. The fraction of sp³-hybridized carbons (Fsp3) is 0.615. The van der Waals surface area contributed by atoms with Gasteiger partial charge in [0.05, 0.1) is 4.90 Å². The molecule has 20 heavy (non-hydrogen) atoms. The molecule has 0 atom stereocenters. The fourth-order valence-corrected chi connectivity index (χ4v) is 5.07. The molecule has 7 heteroatoms. The zero-order valence-electron chi connectivity index (χ0n) is 11.6. The van der Waals surface area contributed by atoms with Crippen LogP contribution in [0.3, 0.4) is 0 Å². The number of nitrogens with zero attached hydrogens (tertiary/aromatic N) is 1. The van der Waals surface area contributed by atoms with Crippen molar-refractivity contribution in [1.82, 2.24) is 4.31 Å². The largest absolute Gasteiger partial charge is 0.477 e. The lowest BCUT2D eigenvalue weighted by molar-refractivity contribution is 0.0702. The second kappa shape index (κ2) is 5.83. The van der Waals surface area contributed by atoms with E-state index in [4.69, 9.17) is 5.11 Å². The molecular formula is C13H19NO4S2. The molecule has 1 saturated heterocycles. The minimum Gasteiger partial charge on any atom is -0.477 e. The van der Waals surface area contributed by atoms with Crippen molar-refractivity contribution in [3.8, 4) is 0 Å². The van der Waals surface area contributed by atoms with Gasteiger partial charge in [-0.25, -0.2) is 13.2 Å². The van der Waals surface area contributed by atoms with Crippen molar-refractivity contribution in [2.24, 2.45) is 11.8 Å². The average Bonchev–Trinajstić information content (AvgIpc) is 2.89. The van der Waals surface area contributed by atoms with Gasteiger partial charge in [0, 0.05) is 18.5 Å². The standard InChI is InChI=1S/C13H19NO4S2/c1-9(2)10-3-5-14(6-4-10)20(17,18)11-7-12(13(15)16)19-8-11/h7-10H,3-6H2,1-2H3,(H,15,16). The molecule has 0 amide bonds. The second-order valence-corrected chi connectivity index (χ2v) is 8.29. The number of rotatable bonds is 4. The molecule has 0 saturated carbocycles. The molecule has 0 radical (unpaired) electrons. The Morgan fingerprint density at radius 3 is 2.45 bits per heavy atom. The number of hydrogen-bond acceptors (Lipinski definition) is 4. The third-order valence-electron chi connectivity index (χ3n) is 3.87. The summed E-state index contributed by atoms with van der Waals surface area (Å²) in [5, 5.41) is 10.3. The van der Waals surface area contributed by atoms with Gasteiger partial charge in [-0.15, -0.1) is 11.3 Å². The van der Waals surface area contributed by atoms with Gasteiger partial charge >= 0.3 is 5.97 Å². The summed E-state index contributed by atoms with van der Waals surface area (Å²) in [7, 11) is -3.54. The fourth-order valence-electron chi connectivity index (χ4n) is 2.50. The van der Waals surface area contributed by atoms with E-state index in [1.807, 2.05) is 0 Å². The van der Waals surface area contributed by atoms with Crippen LogP contribution in [0.2, 0.25) is 0 Å². The third kappa shape index (κ3) is 3.05. The Hall–Kier alpha value is -0.920. The van der Waals surface area contributed by atoms with E-state index < -0.39 is 16.0 Å². The molecule has 1 N–H and O–H groups in total. The zero-order chi connectivity index (χ0) is 14.9. The number of sulfonamides is 1. The van der Waals surface area contributed by atoms with Crippen LogP contribution in [0.5, 0.6) is 0 Å². The first kappa shape index (κ1) is 15.5. The highest BCUT2D eigenvalue weighted by Gasteiger charge is 2.31. The van der Waals surface area contributed by atoms with Crippen LogP contribution in [0, 0.1) is 11.8 Å². The zero-order valence-corrected chi connectivity index (χ0v) is 13.2. The Kier molecular flexibility index (Phi) is 4.51. The summed E-state index contributed by atoms with van der Waals surface area (Å²) in [5.74, 6) is 0.0492. The van der Waals surface area contributed by atoms with Gasteiger partial charge < -0.3 is 5.11 Å². The van der Waals surface area contributed by atoms with Gasteiger partial charge in [0.1, 0.15) is 4.88 Å². The van der Waals surface area contributed by atoms with Crippen molar-refractivity contribution in [1.29, 1.82) is 0 Å². The molecule has 1 aromatic heterocycles. The molecular weight excluding hydrogens is 298 g/mol. The average molecular weight is 317 g/mol. The van der Waals surface area contributed by atoms with Gasteiger partial charge in [-0.1, -0.05) is 13.8 Å². The smallest absolute Gasteiger partial charge is 0.345 e. The molecule has 1 aromatic rings. The maximum atomic E-state index is 12.4. The van der Waals surface area contributed by atoms with Crippen LogP contribution in [0.4, 0.5) is 0 Å². The third-order valence-corrected chi connectivity index (χ3v) is 6.81. The van der Waals surface area contributed by atoms with Crippen LogP contribution in [0.1, 0.15) is 36.4 Å². The van der Waals surface area contributed by atoms with E-state index in [-0.39, 0.29) is 9.77 Å². The van der Waals surface area contributed by atoms with Crippen molar-refractivity contribution in [3.05, 3.63) is 16.3 Å². The quantitative estimate of drug-likeness (QED) is 0.926. The highest BCUT2D eigenvalue weighted by Crippen LogP contribution is 2.29. The number of hydrogen-bond donors (Lipinski definition) is 1. The van der Waals surface area contributed by atoms with Gasteiger partial charge in [0.2, 0.25) is 10.0 Å². The van der Waals surface area contributed by atoms with E-state index in [0.717, 1.165) is 24.2 Å². The number of piperidine rings is 1. The number of aromatic carboxylic acids is 1. The number of thiophene rings is 1. The maximum absolute atomic E-state index is 12.4. The molecule has 0 spiro atoms. The Bertz CT molecular complexity index is 583. The molecule has 1 fully saturated rings. The van der Waals surface area contributed by atoms with E-state index in [1.165, 1.54) is 15.8 Å². The maximum Gasteiger partial charge on any atom is 0.345 e. The summed E-state index contributed by atoms with van der Waals surface area (Å²) >= 11 is 0.949. The molecule has 112 valence electrons. The van der Waals surface area contributed by atoms with Crippen LogP contribution >= 0.6 is 11.3 Å². The van der Waals surface area contributed by atoms with Crippen molar-refractivity contribution in [2.45, 2.75) is 31.6 Å². The van der Waals surface area contributed by atoms with Crippen molar-refractivity contribution in [3.63, 3.8) is 0 Å². The summed E-state index contributed by atoms with van der Waals surface area (Å²) in [6.45, 7) is 5.35. The summed E-state index contributed by atoms with van der Waals surface area (Å²) in [4.78, 5) is 11.0. The van der Waals surface area contributed by atoms with Crippen molar-refractivity contribution < 1.29 is 18.3 Å². The van der Waals surface area contributed by atoms with Crippen molar-refractivity contribution in [2.75, 3.05) is 13.1 Å². The van der Waals surface area contributed by atoms with Crippen molar-refractivity contribution >= 4 is 27.3 Å². The summed E-state index contributed by atoms with van der Waals surface area (Å²) in [5.41, 5.74) is 0. The highest BCUT2D eigenvalue weighted by atomic mass is 32.2. The van der Waals surface area contributed by atoms with E-state index in [0.29, 0.717) is 24.9 Å². The molecule has 0 unspecified atom stereocenters. The van der Waals surface area contributed by atoms with Gasteiger partial charge in [0.15, 0.2) is 0 Å². The molecule has 1 aliphatic rings. The minimum absolute atomic E-state index is 0.0561. The monoisotopic (exact) mass is 317 g/mol. The lowest BCUT2D eigenvalue weighted by Gasteiger charge is -2.32. The van der Waals surface area contributed by atoms with Crippen LogP contribution in [0.25, 0.3) is 0 Å². The molecule has 1 aliphatic heterocycles. The number of carbonyl (C=O) groups is 1. The van der Waals surface area contributed by atoms with E-state index in [2.05, 4.69) is 13.8 Å². The summed E-state index contributed by atoms with van der Waals surface area (Å²) in [6, 6.07) is 1.25. The van der Waals surface area contributed by atoms with Crippen LogP contribution in [-0.2, 0) is 10.0 Å². The van der Waals surface area contributed by atoms with E-state index in [9.17, 15) is 13.2 Å². The Morgan fingerprint density at radius 1 is 1.40 bits per heavy atom. The van der Waals surface area contributed by atoms with E-state index in [1.54, 1.807) is 0 Å². The van der Waals surface area contributed by atoms with Gasteiger partial charge in [-0.2, -0.15) is 4.31 Å². The van der Waals surface area contributed by atoms with Gasteiger partial charge in [0.25, 0.3) is 0 Å². The molecule has 0 aromatic carbocycles. The SMILES string of the molecule is CC(C)C1CCN(S(=O)(=O)c2csc(C(=O)O)c2)CC1. The van der Waals surface area contributed by atoms with Gasteiger partial charge in [-0.05, 0) is 30.7 Å². The second-order valence-electron chi connectivity index (χ2n) is 5.44. The Labute approximate surface area is 123 Å².